The van der Waals surface area contributed by atoms with Crippen LogP contribution in [0, 0.1) is 0 Å². The van der Waals surface area contributed by atoms with E-state index in [0.29, 0.717) is 12.2 Å². The lowest BCUT2D eigenvalue weighted by Crippen LogP contribution is -2.11. The number of fused-ring (bicyclic) bond motifs is 1. The molecule has 0 spiro atoms. The molecule has 26 heavy (non-hydrogen) atoms. The molecular weight excluding hydrogens is 348 g/mol. The number of benzene rings is 1. The molecule has 0 unspecified atom stereocenters. The Morgan fingerprint density at radius 2 is 1.85 bits per heavy atom. The zero-order valence-corrected chi connectivity index (χ0v) is 14.1. The van der Waals surface area contributed by atoms with Gasteiger partial charge in [-0.1, -0.05) is 30.3 Å². The molecule has 6 heteroatoms. The van der Waals surface area contributed by atoms with Crippen molar-refractivity contribution in [3.05, 3.63) is 76.7 Å². The summed E-state index contributed by atoms with van der Waals surface area (Å²) in [5.74, 6) is -2.59. The number of aliphatic carboxylic acids is 1. The average molecular weight is 366 g/mol. The predicted molar refractivity (Wildman–Crippen MR) is 92.1 cm³/mol. The Balaban J connectivity index is 2.31. The number of carbonyl (C=O) groups is 1. The van der Waals surface area contributed by atoms with Crippen LogP contribution in [0.25, 0.3) is 5.57 Å². The van der Waals surface area contributed by atoms with Gasteiger partial charge in [0.15, 0.2) is 0 Å². The Bertz CT molecular complexity index is 811. The monoisotopic (exact) mass is 366 g/mol. The van der Waals surface area contributed by atoms with Crippen molar-refractivity contribution in [2.24, 2.45) is 0 Å². The first-order valence-electron chi connectivity index (χ1n) is 8.03. The third-order valence-corrected chi connectivity index (χ3v) is 4.04. The molecule has 1 aliphatic carbocycles. The molecular formula is C20H18F4O2. The second kappa shape index (κ2) is 8.17. The lowest BCUT2D eigenvalue weighted by atomic mass is 9.86. The molecule has 1 N–H and O–H groups in total. The number of hydrogen-bond acceptors (Lipinski definition) is 1. The number of alkyl halides is 3. The molecule has 0 amide bonds. The van der Waals surface area contributed by atoms with Gasteiger partial charge in [0, 0.05) is 6.08 Å². The second-order valence-corrected chi connectivity index (χ2v) is 5.98. The molecule has 0 saturated heterocycles. The van der Waals surface area contributed by atoms with Crippen molar-refractivity contribution in [3.63, 3.8) is 0 Å². The van der Waals surface area contributed by atoms with Crippen LogP contribution < -0.4 is 0 Å². The highest BCUT2D eigenvalue weighted by molar-refractivity contribution is 5.81. The lowest BCUT2D eigenvalue weighted by molar-refractivity contribution is -0.132. The van der Waals surface area contributed by atoms with Crippen molar-refractivity contribution in [3.8, 4) is 0 Å². The number of halogens is 4. The van der Waals surface area contributed by atoms with Gasteiger partial charge in [-0.3, -0.25) is 0 Å². The molecule has 138 valence electrons. The van der Waals surface area contributed by atoms with E-state index in [9.17, 15) is 22.4 Å². The van der Waals surface area contributed by atoms with Crippen molar-refractivity contribution >= 4 is 11.5 Å². The molecule has 0 bridgehead atoms. The molecule has 1 aromatic rings. The fourth-order valence-corrected chi connectivity index (χ4v) is 2.79. The van der Waals surface area contributed by atoms with E-state index >= 15 is 0 Å². The largest absolute Gasteiger partial charge is 0.478 e. The van der Waals surface area contributed by atoms with Gasteiger partial charge in [0.05, 0.1) is 5.57 Å². The van der Waals surface area contributed by atoms with Gasteiger partial charge in [0.25, 0.3) is 0 Å². The fraction of sp³-hybridized carbons (Fsp3) is 0.250. The third-order valence-electron chi connectivity index (χ3n) is 4.04. The van der Waals surface area contributed by atoms with Gasteiger partial charge in [0.2, 0.25) is 0 Å². The van der Waals surface area contributed by atoms with E-state index in [4.69, 9.17) is 5.11 Å². The minimum absolute atomic E-state index is 0.00889. The topological polar surface area (TPSA) is 37.3 Å². The smallest absolute Gasteiger partial charge is 0.416 e. The van der Waals surface area contributed by atoms with Crippen LogP contribution >= 0.6 is 0 Å². The molecule has 0 heterocycles. The Kier molecular flexibility index (Phi) is 6.18. The Hall–Kier alpha value is -2.63. The summed E-state index contributed by atoms with van der Waals surface area (Å²) >= 11 is 0. The van der Waals surface area contributed by atoms with E-state index in [0.717, 1.165) is 36.0 Å². The van der Waals surface area contributed by atoms with Gasteiger partial charge in [-0.05, 0) is 60.6 Å². The van der Waals surface area contributed by atoms with E-state index < -0.39 is 23.5 Å². The van der Waals surface area contributed by atoms with Crippen molar-refractivity contribution in [2.45, 2.75) is 32.4 Å². The maximum Gasteiger partial charge on any atom is 0.416 e. The maximum atomic E-state index is 14.2. The highest BCUT2D eigenvalue weighted by Crippen LogP contribution is 2.32. The average Bonchev–Trinajstić information content (AvgIpc) is 2.57. The second-order valence-electron chi connectivity index (χ2n) is 5.98. The van der Waals surface area contributed by atoms with E-state index in [1.807, 2.05) is 24.3 Å². The van der Waals surface area contributed by atoms with Gasteiger partial charge in [0.1, 0.15) is 5.83 Å². The van der Waals surface area contributed by atoms with E-state index in [1.165, 1.54) is 6.92 Å². The summed E-state index contributed by atoms with van der Waals surface area (Å²) in [6, 6.07) is 7.77. The van der Waals surface area contributed by atoms with Crippen molar-refractivity contribution in [2.75, 3.05) is 0 Å². The standard InChI is InChI=1S/C20H18F4O2/c1-13(11-15-7-4-6-14-5-2-3-8-17(14)15)18(21)10-9-16(12-19(25)26)20(22,23)24/h2-3,5,8-12H,4,6-7H2,1H3,(H,25,26)/b10-9+,15-11+,16-12-,18-13+. The molecule has 0 fully saturated rings. The zero-order valence-electron chi connectivity index (χ0n) is 14.1. The van der Waals surface area contributed by atoms with Crippen LogP contribution in [0.3, 0.4) is 0 Å². The van der Waals surface area contributed by atoms with Crippen LogP contribution in [-0.4, -0.2) is 17.3 Å². The highest BCUT2D eigenvalue weighted by atomic mass is 19.4. The van der Waals surface area contributed by atoms with Gasteiger partial charge in [-0.15, -0.1) is 0 Å². The number of aryl methyl sites for hydroxylation is 1. The Morgan fingerprint density at radius 1 is 1.15 bits per heavy atom. The molecule has 1 aromatic carbocycles. The van der Waals surface area contributed by atoms with Crippen LogP contribution in [0.2, 0.25) is 0 Å². The zero-order chi connectivity index (χ0) is 19.3. The highest BCUT2D eigenvalue weighted by Gasteiger charge is 2.32. The molecule has 0 saturated carbocycles. The van der Waals surface area contributed by atoms with Gasteiger partial charge >= 0.3 is 12.1 Å². The van der Waals surface area contributed by atoms with Crippen LogP contribution in [0.15, 0.2) is 65.5 Å². The predicted octanol–water partition coefficient (Wildman–Crippen LogP) is 5.78. The van der Waals surface area contributed by atoms with E-state index in [-0.39, 0.29) is 11.6 Å². The number of hydrogen-bond donors (Lipinski definition) is 1. The molecule has 2 nitrogen and oxygen atoms in total. The lowest BCUT2D eigenvalue weighted by Gasteiger charge is -2.19. The maximum absolute atomic E-state index is 14.2. The van der Waals surface area contributed by atoms with Gasteiger partial charge in [-0.2, -0.15) is 13.2 Å². The Labute approximate surface area is 148 Å². The molecule has 0 aliphatic heterocycles. The minimum atomic E-state index is -4.87. The third kappa shape index (κ3) is 5.18. The van der Waals surface area contributed by atoms with E-state index in [1.54, 1.807) is 6.08 Å². The summed E-state index contributed by atoms with van der Waals surface area (Å²) in [5, 5.41) is 8.51. The molecule has 1 aliphatic rings. The number of rotatable bonds is 4. The molecule has 0 aromatic heterocycles. The summed E-state index contributed by atoms with van der Waals surface area (Å²) < 4.78 is 52.4. The summed E-state index contributed by atoms with van der Waals surface area (Å²) in [6.07, 6.45) is 0.465. The molecule has 0 radical (unpaired) electrons. The summed E-state index contributed by atoms with van der Waals surface area (Å²) in [7, 11) is 0. The van der Waals surface area contributed by atoms with Crippen molar-refractivity contribution in [1.82, 2.24) is 0 Å². The molecule has 0 atom stereocenters. The Morgan fingerprint density at radius 3 is 2.50 bits per heavy atom. The quantitative estimate of drug-likeness (QED) is 0.417. The van der Waals surface area contributed by atoms with Gasteiger partial charge < -0.3 is 5.11 Å². The summed E-state index contributed by atoms with van der Waals surface area (Å²) in [5.41, 5.74) is 1.88. The molecule has 2 rings (SSSR count). The van der Waals surface area contributed by atoms with Gasteiger partial charge in [-0.25, -0.2) is 9.18 Å². The van der Waals surface area contributed by atoms with Crippen molar-refractivity contribution < 1.29 is 27.5 Å². The number of carboxylic acids is 1. The minimum Gasteiger partial charge on any atom is -0.478 e. The first-order chi connectivity index (χ1) is 12.2. The first-order valence-corrected chi connectivity index (χ1v) is 8.03. The van der Waals surface area contributed by atoms with Crippen LogP contribution in [-0.2, 0) is 11.2 Å². The van der Waals surface area contributed by atoms with Crippen molar-refractivity contribution in [1.29, 1.82) is 0 Å². The van der Waals surface area contributed by atoms with Crippen LogP contribution in [0.5, 0.6) is 0 Å². The summed E-state index contributed by atoms with van der Waals surface area (Å²) in [4.78, 5) is 10.5. The SMILES string of the molecule is CC(/C=C1\CCCc2ccccc21)=C(F)/C=C/C(=C/C(=O)O)C(F)(F)F. The fourth-order valence-electron chi connectivity index (χ4n) is 2.79. The van der Waals surface area contributed by atoms with E-state index in [2.05, 4.69) is 0 Å². The number of carboxylic acid groups (broad SMARTS) is 1. The normalized spacial score (nSPS) is 18.0. The van der Waals surface area contributed by atoms with Crippen LogP contribution in [0.1, 0.15) is 30.9 Å². The number of allylic oxidation sites excluding steroid dienone is 7. The first kappa shape index (κ1) is 19.7. The summed E-state index contributed by atoms with van der Waals surface area (Å²) in [6.45, 7) is 1.47. The van der Waals surface area contributed by atoms with Crippen LogP contribution in [0.4, 0.5) is 17.6 Å².